The maximum absolute atomic E-state index is 11.9. The van der Waals surface area contributed by atoms with E-state index in [1.54, 1.807) is 6.07 Å². The van der Waals surface area contributed by atoms with Crippen molar-refractivity contribution in [1.29, 1.82) is 0 Å². The molecule has 0 radical (unpaired) electrons. The van der Waals surface area contributed by atoms with E-state index in [0.717, 1.165) is 21.5 Å². The molecule has 0 spiro atoms. The molecule has 5 aromatic rings. The van der Waals surface area contributed by atoms with Gasteiger partial charge in [-0.2, -0.15) is 4.98 Å². The standard InChI is InChI=1S/C24H16N4O3/c29-28(30)22-23(27-21-11-5-9-17-7-3-4-10-20(17)21)25-15-26-24(22)31-19-13-12-16-6-1-2-8-18(16)14-19/h1-15H,(H,25,26,27). The number of fused-ring (bicyclic) bond motifs is 2. The minimum atomic E-state index is -0.538. The summed E-state index contributed by atoms with van der Waals surface area (Å²) in [5.41, 5.74) is 0.375. The average Bonchev–Trinajstić information content (AvgIpc) is 2.79. The Labute approximate surface area is 177 Å². The molecule has 0 unspecified atom stereocenters. The van der Waals surface area contributed by atoms with E-state index >= 15 is 0 Å². The molecule has 31 heavy (non-hydrogen) atoms. The van der Waals surface area contributed by atoms with Gasteiger partial charge in [0, 0.05) is 11.1 Å². The molecule has 0 aliphatic rings. The third kappa shape index (κ3) is 3.60. The van der Waals surface area contributed by atoms with Gasteiger partial charge in [0.1, 0.15) is 12.1 Å². The van der Waals surface area contributed by atoms with Crippen molar-refractivity contribution in [2.24, 2.45) is 0 Å². The second kappa shape index (κ2) is 7.72. The first-order valence-corrected chi connectivity index (χ1v) is 9.60. The fourth-order valence-corrected chi connectivity index (χ4v) is 3.50. The van der Waals surface area contributed by atoms with Crippen LogP contribution < -0.4 is 10.1 Å². The zero-order valence-electron chi connectivity index (χ0n) is 16.2. The molecular formula is C24H16N4O3. The van der Waals surface area contributed by atoms with Crippen LogP contribution in [0.2, 0.25) is 0 Å². The van der Waals surface area contributed by atoms with Crippen LogP contribution in [0.1, 0.15) is 0 Å². The van der Waals surface area contributed by atoms with E-state index in [2.05, 4.69) is 15.3 Å². The Hall–Kier alpha value is -4.52. The van der Waals surface area contributed by atoms with E-state index in [0.29, 0.717) is 11.4 Å². The number of nitrogens with zero attached hydrogens (tertiary/aromatic N) is 3. The van der Waals surface area contributed by atoms with E-state index in [4.69, 9.17) is 4.74 Å². The maximum atomic E-state index is 11.9. The molecule has 1 heterocycles. The second-order valence-corrected chi connectivity index (χ2v) is 6.90. The zero-order valence-corrected chi connectivity index (χ0v) is 16.2. The third-order valence-corrected chi connectivity index (χ3v) is 4.95. The van der Waals surface area contributed by atoms with Crippen molar-refractivity contribution in [2.75, 3.05) is 5.32 Å². The molecule has 0 aliphatic heterocycles. The van der Waals surface area contributed by atoms with Crippen LogP contribution in [0.5, 0.6) is 11.6 Å². The molecule has 0 saturated heterocycles. The summed E-state index contributed by atoms with van der Waals surface area (Å²) in [4.78, 5) is 19.5. The molecule has 150 valence electrons. The first-order valence-electron chi connectivity index (χ1n) is 9.60. The summed E-state index contributed by atoms with van der Waals surface area (Å²) >= 11 is 0. The minimum absolute atomic E-state index is 0.0622. The number of ether oxygens (including phenoxy) is 1. The maximum Gasteiger partial charge on any atom is 0.373 e. The molecule has 0 bridgehead atoms. The van der Waals surface area contributed by atoms with Gasteiger partial charge in [-0.25, -0.2) is 4.98 Å². The lowest BCUT2D eigenvalue weighted by molar-refractivity contribution is -0.385. The van der Waals surface area contributed by atoms with Crippen molar-refractivity contribution in [3.8, 4) is 11.6 Å². The van der Waals surface area contributed by atoms with Crippen LogP contribution >= 0.6 is 0 Å². The summed E-state index contributed by atoms with van der Waals surface area (Å²) in [5.74, 6) is 0.391. The number of rotatable bonds is 5. The van der Waals surface area contributed by atoms with E-state index < -0.39 is 4.92 Å². The number of benzene rings is 4. The SMILES string of the molecule is O=[N+]([O-])c1c(Nc2cccc3ccccc23)ncnc1Oc1ccc2ccccc2c1. The lowest BCUT2D eigenvalue weighted by Crippen LogP contribution is -2.03. The quantitative estimate of drug-likeness (QED) is 0.274. The van der Waals surface area contributed by atoms with E-state index in [9.17, 15) is 10.1 Å². The van der Waals surface area contributed by atoms with Gasteiger partial charge in [-0.15, -0.1) is 0 Å². The van der Waals surface area contributed by atoms with Crippen molar-refractivity contribution in [3.05, 3.63) is 101 Å². The summed E-state index contributed by atoms with van der Waals surface area (Å²) in [6.07, 6.45) is 1.25. The highest BCUT2D eigenvalue weighted by molar-refractivity contribution is 5.95. The van der Waals surface area contributed by atoms with Crippen molar-refractivity contribution >= 4 is 38.7 Å². The highest BCUT2D eigenvalue weighted by Gasteiger charge is 2.25. The Morgan fingerprint density at radius 1 is 0.806 bits per heavy atom. The monoisotopic (exact) mass is 408 g/mol. The highest BCUT2D eigenvalue weighted by atomic mass is 16.6. The Bertz CT molecular complexity index is 1430. The molecular weight excluding hydrogens is 392 g/mol. The molecule has 4 aromatic carbocycles. The zero-order chi connectivity index (χ0) is 21.2. The molecule has 0 saturated carbocycles. The van der Waals surface area contributed by atoms with Crippen LogP contribution in [-0.2, 0) is 0 Å². The smallest absolute Gasteiger partial charge is 0.373 e. The van der Waals surface area contributed by atoms with Crippen LogP contribution in [0, 0.1) is 10.1 Å². The summed E-state index contributed by atoms with van der Waals surface area (Å²) in [6.45, 7) is 0. The van der Waals surface area contributed by atoms with Crippen molar-refractivity contribution in [3.63, 3.8) is 0 Å². The number of nitrogens with one attached hydrogen (secondary N) is 1. The van der Waals surface area contributed by atoms with Crippen LogP contribution in [0.3, 0.4) is 0 Å². The van der Waals surface area contributed by atoms with Gasteiger partial charge in [0.05, 0.1) is 4.92 Å². The predicted molar refractivity (Wildman–Crippen MR) is 120 cm³/mol. The number of hydrogen-bond donors (Lipinski definition) is 1. The van der Waals surface area contributed by atoms with Crippen molar-refractivity contribution < 1.29 is 9.66 Å². The van der Waals surface area contributed by atoms with Gasteiger partial charge in [-0.1, -0.05) is 66.7 Å². The summed E-state index contributed by atoms with van der Waals surface area (Å²) < 4.78 is 5.81. The lowest BCUT2D eigenvalue weighted by atomic mass is 10.1. The molecule has 0 atom stereocenters. The Morgan fingerprint density at radius 2 is 1.55 bits per heavy atom. The number of nitro groups is 1. The molecule has 7 nitrogen and oxygen atoms in total. The summed E-state index contributed by atoms with van der Waals surface area (Å²) in [6, 6.07) is 26.7. The van der Waals surface area contributed by atoms with Gasteiger partial charge in [0.2, 0.25) is 5.82 Å². The predicted octanol–water partition coefficient (Wildman–Crippen LogP) is 6.23. The first-order chi connectivity index (χ1) is 15.2. The van der Waals surface area contributed by atoms with E-state index in [1.807, 2.05) is 78.9 Å². The Morgan fingerprint density at radius 3 is 2.39 bits per heavy atom. The molecule has 1 aromatic heterocycles. The van der Waals surface area contributed by atoms with Crippen molar-refractivity contribution in [1.82, 2.24) is 9.97 Å². The van der Waals surface area contributed by atoms with Crippen molar-refractivity contribution in [2.45, 2.75) is 0 Å². The molecule has 0 aliphatic carbocycles. The highest BCUT2D eigenvalue weighted by Crippen LogP contribution is 2.37. The lowest BCUT2D eigenvalue weighted by Gasteiger charge is -2.11. The van der Waals surface area contributed by atoms with Gasteiger partial charge >= 0.3 is 11.6 Å². The fourth-order valence-electron chi connectivity index (χ4n) is 3.50. The Kier molecular flexibility index (Phi) is 4.61. The first kappa shape index (κ1) is 18.5. The van der Waals surface area contributed by atoms with Gasteiger partial charge in [-0.05, 0) is 34.4 Å². The fraction of sp³-hybridized carbons (Fsp3) is 0. The van der Waals surface area contributed by atoms with Crippen LogP contribution in [0.4, 0.5) is 17.2 Å². The van der Waals surface area contributed by atoms with Crippen LogP contribution in [0.15, 0.2) is 91.3 Å². The number of aromatic nitrogens is 2. The second-order valence-electron chi connectivity index (χ2n) is 6.90. The van der Waals surface area contributed by atoms with Gasteiger partial charge in [0.25, 0.3) is 0 Å². The summed E-state index contributed by atoms with van der Waals surface area (Å²) in [5, 5.41) is 18.9. The van der Waals surface area contributed by atoms with E-state index in [-0.39, 0.29) is 17.4 Å². The largest absolute Gasteiger partial charge is 0.434 e. The van der Waals surface area contributed by atoms with Gasteiger partial charge < -0.3 is 10.1 Å². The van der Waals surface area contributed by atoms with Gasteiger partial charge in [0.15, 0.2) is 0 Å². The molecule has 1 N–H and O–H groups in total. The third-order valence-electron chi connectivity index (χ3n) is 4.95. The number of anilines is 2. The number of hydrogen-bond acceptors (Lipinski definition) is 6. The minimum Gasteiger partial charge on any atom is -0.434 e. The average molecular weight is 408 g/mol. The molecule has 5 rings (SSSR count). The van der Waals surface area contributed by atoms with E-state index in [1.165, 1.54) is 6.33 Å². The Balaban J connectivity index is 1.54. The van der Waals surface area contributed by atoms with Crippen LogP contribution in [0.25, 0.3) is 21.5 Å². The topological polar surface area (TPSA) is 90.2 Å². The molecule has 0 fully saturated rings. The van der Waals surface area contributed by atoms with Gasteiger partial charge in [-0.3, -0.25) is 10.1 Å². The molecule has 7 heteroatoms. The normalized spacial score (nSPS) is 10.8. The molecule has 0 amide bonds. The van der Waals surface area contributed by atoms with Crippen LogP contribution in [-0.4, -0.2) is 14.9 Å². The summed E-state index contributed by atoms with van der Waals surface area (Å²) in [7, 11) is 0.